The maximum absolute atomic E-state index is 11.9. The SMILES string of the molecule is Cc1cccc(NCC(=O)NCC(F)(F)F)c1C. The molecule has 6 heteroatoms. The molecule has 0 atom stereocenters. The number of benzene rings is 1. The molecule has 0 bridgehead atoms. The first-order valence-corrected chi connectivity index (χ1v) is 5.43. The predicted molar refractivity (Wildman–Crippen MR) is 63.5 cm³/mol. The molecule has 0 aliphatic rings. The van der Waals surface area contributed by atoms with Crippen LogP contribution in [0.1, 0.15) is 11.1 Å². The van der Waals surface area contributed by atoms with Crippen molar-refractivity contribution in [2.24, 2.45) is 0 Å². The van der Waals surface area contributed by atoms with Crippen molar-refractivity contribution >= 4 is 11.6 Å². The van der Waals surface area contributed by atoms with Crippen molar-refractivity contribution in [2.45, 2.75) is 20.0 Å². The molecule has 1 aromatic rings. The first kappa shape index (κ1) is 14.3. The monoisotopic (exact) mass is 260 g/mol. The van der Waals surface area contributed by atoms with Gasteiger partial charge in [-0.15, -0.1) is 0 Å². The zero-order valence-corrected chi connectivity index (χ0v) is 10.2. The minimum Gasteiger partial charge on any atom is -0.376 e. The fourth-order valence-electron chi connectivity index (χ4n) is 1.38. The number of hydrogen-bond acceptors (Lipinski definition) is 2. The van der Waals surface area contributed by atoms with Gasteiger partial charge >= 0.3 is 6.18 Å². The third-order valence-electron chi connectivity index (χ3n) is 2.53. The molecular formula is C12H15F3N2O. The third-order valence-corrected chi connectivity index (χ3v) is 2.53. The summed E-state index contributed by atoms with van der Waals surface area (Å²) in [5.74, 6) is -0.687. The Balaban J connectivity index is 2.46. The molecule has 1 rings (SSSR count). The van der Waals surface area contributed by atoms with Gasteiger partial charge in [0, 0.05) is 5.69 Å². The van der Waals surface area contributed by atoms with E-state index in [0.29, 0.717) is 0 Å². The van der Waals surface area contributed by atoms with E-state index in [1.54, 1.807) is 11.4 Å². The van der Waals surface area contributed by atoms with E-state index in [1.165, 1.54) is 0 Å². The highest BCUT2D eigenvalue weighted by Gasteiger charge is 2.27. The Morgan fingerprint density at radius 1 is 1.28 bits per heavy atom. The number of anilines is 1. The molecule has 18 heavy (non-hydrogen) atoms. The van der Waals surface area contributed by atoms with Crippen LogP contribution >= 0.6 is 0 Å². The van der Waals surface area contributed by atoms with Crippen molar-refractivity contribution in [1.29, 1.82) is 0 Å². The second-order valence-corrected chi connectivity index (χ2v) is 3.99. The normalized spacial score (nSPS) is 11.2. The van der Waals surface area contributed by atoms with Crippen LogP contribution in [0.3, 0.4) is 0 Å². The number of rotatable bonds is 4. The summed E-state index contributed by atoms with van der Waals surface area (Å²) in [5, 5.41) is 4.61. The van der Waals surface area contributed by atoms with E-state index in [2.05, 4.69) is 5.32 Å². The van der Waals surface area contributed by atoms with Crippen LogP contribution in [-0.2, 0) is 4.79 Å². The van der Waals surface area contributed by atoms with E-state index in [-0.39, 0.29) is 6.54 Å². The van der Waals surface area contributed by atoms with E-state index >= 15 is 0 Å². The number of nitrogens with one attached hydrogen (secondary N) is 2. The molecule has 0 aromatic heterocycles. The summed E-state index contributed by atoms with van der Waals surface area (Å²) in [5.41, 5.74) is 2.77. The fraction of sp³-hybridized carbons (Fsp3) is 0.417. The van der Waals surface area contributed by atoms with Crippen LogP contribution in [0.2, 0.25) is 0 Å². The Labute approximate surface area is 103 Å². The second kappa shape index (κ2) is 5.75. The first-order chi connectivity index (χ1) is 8.29. The lowest BCUT2D eigenvalue weighted by Crippen LogP contribution is -2.37. The van der Waals surface area contributed by atoms with Gasteiger partial charge in [0.25, 0.3) is 0 Å². The smallest absolute Gasteiger partial charge is 0.376 e. The molecule has 0 saturated heterocycles. The van der Waals surface area contributed by atoms with Gasteiger partial charge in [0.2, 0.25) is 5.91 Å². The summed E-state index contributed by atoms with van der Waals surface area (Å²) < 4.78 is 35.6. The van der Waals surface area contributed by atoms with Crippen molar-refractivity contribution in [3.05, 3.63) is 29.3 Å². The van der Waals surface area contributed by atoms with Gasteiger partial charge in [-0.05, 0) is 31.0 Å². The largest absolute Gasteiger partial charge is 0.405 e. The van der Waals surface area contributed by atoms with Crippen LogP contribution in [0.15, 0.2) is 18.2 Å². The highest BCUT2D eigenvalue weighted by molar-refractivity contribution is 5.81. The van der Waals surface area contributed by atoms with Gasteiger partial charge in [0.1, 0.15) is 6.54 Å². The van der Waals surface area contributed by atoms with Crippen LogP contribution in [0.5, 0.6) is 0 Å². The van der Waals surface area contributed by atoms with Crippen molar-refractivity contribution in [3.63, 3.8) is 0 Å². The quantitative estimate of drug-likeness (QED) is 0.872. The maximum atomic E-state index is 11.9. The van der Waals surface area contributed by atoms with E-state index in [9.17, 15) is 18.0 Å². The Kier molecular flexibility index (Phi) is 4.58. The molecule has 0 heterocycles. The highest BCUT2D eigenvalue weighted by atomic mass is 19.4. The van der Waals surface area contributed by atoms with Gasteiger partial charge < -0.3 is 10.6 Å². The minimum absolute atomic E-state index is 0.180. The highest BCUT2D eigenvalue weighted by Crippen LogP contribution is 2.17. The minimum atomic E-state index is -4.38. The Morgan fingerprint density at radius 3 is 2.56 bits per heavy atom. The molecule has 0 aliphatic carbocycles. The standard InChI is InChI=1S/C12H15F3N2O/c1-8-4-3-5-10(9(8)2)16-6-11(18)17-7-12(13,14)15/h3-5,16H,6-7H2,1-2H3,(H,17,18). The molecule has 1 amide bonds. The van der Waals surface area contributed by atoms with Crippen LogP contribution in [0.4, 0.5) is 18.9 Å². The molecule has 0 spiro atoms. The Morgan fingerprint density at radius 2 is 1.94 bits per heavy atom. The summed E-state index contributed by atoms with van der Waals surface area (Å²) in [6.07, 6.45) is -4.38. The molecule has 0 radical (unpaired) electrons. The van der Waals surface area contributed by atoms with Crippen molar-refractivity contribution in [3.8, 4) is 0 Å². The molecule has 0 aliphatic heterocycles. The molecule has 0 unspecified atom stereocenters. The summed E-state index contributed by atoms with van der Waals surface area (Å²) in [7, 11) is 0. The topological polar surface area (TPSA) is 41.1 Å². The molecule has 100 valence electrons. The lowest BCUT2D eigenvalue weighted by molar-refractivity contribution is -0.137. The van der Waals surface area contributed by atoms with Crippen LogP contribution in [-0.4, -0.2) is 25.2 Å². The molecule has 1 aromatic carbocycles. The van der Waals surface area contributed by atoms with E-state index in [4.69, 9.17) is 0 Å². The predicted octanol–water partition coefficient (Wildman–Crippen LogP) is 2.39. The van der Waals surface area contributed by atoms with Crippen LogP contribution in [0, 0.1) is 13.8 Å². The molecule has 2 N–H and O–H groups in total. The molecule has 0 fully saturated rings. The van der Waals surface area contributed by atoms with Crippen molar-refractivity contribution < 1.29 is 18.0 Å². The summed E-state index contributed by atoms with van der Waals surface area (Å²) >= 11 is 0. The van der Waals surface area contributed by atoms with E-state index in [1.807, 2.05) is 26.0 Å². The summed E-state index contributed by atoms with van der Waals surface area (Å²) in [6.45, 7) is 2.32. The number of carbonyl (C=O) groups excluding carboxylic acids is 1. The summed E-state index contributed by atoms with van der Waals surface area (Å²) in [4.78, 5) is 11.2. The van der Waals surface area contributed by atoms with Gasteiger partial charge in [-0.2, -0.15) is 13.2 Å². The molecular weight excluding hydrogens is 245 g/mol. The average molecular weight is 260 g/mol. The van der Waals surface area contributed by atoms with Crippen LogP contribution in [0.25, 0.3) is 0 Å². The number of alkyl halides is 3. The zero-order chi connectivity index (χ0) is 13.8. The van der Waals surface area contributed by atoms with Gasteiger partial charge in [-0.25, -0.2) is 0 Å². The number of carbonyl (C=O) groups is 1. The van der Waals surface area contributed by atoms with E-state index in [0.717, 1.165) is 16.8 Å². The summed E-state index contributed by atoms with van der Waals surface area (Å²) in [6, 6.07) is 5.52. The average Bonchev–Trinajstić information content (AvgIpc) is 2.27. The van der Waals surface area contributed by atoms with Gasteiger partial charge in [-0.3, -0.25) is 4.79 Å². The number of halogens is 3. The Bertz CT molecular complexity index is 430. The van der Waals surface area contributed by atoms with Crippen molar-refractivity contribution in [1.82, 2.24) is 5.32 Å². The first-order valence-electron chi connectivity index (χ1n) is 5.43. The zero-order valence-electron chi connectivity index (χ0n) is 10.2. The fourth-order valence-corrected chi connectivity index (χ4v) is 1.38. The number of hydrogen-bond donors (Lipinski definition) is 2. The lowest BCUT2D eigenvalue weighted by atomic mass is 10.1. The lowest BCUT2D eigenvalue weighted by Gasteiger charge is -2.12. The number of amides is 1. The van der Waals surface area contributed by atoms with Gasteiger partial charge in [0.15, 0.2) is 0 Å². The van der Waals surface area contributed by atoms with E-state index < -0.39 is 18.6 Å². The van der Waals surface area contributed by atoms with Crippen molar-refractivity contribution in [2.75, 3.05) is 18.4 Å². The van der Waals surface area contributed by atoms with Gasteiger partial charge in [0.05, 0.1) is 6.54 Å². The third kappa shape index (κ3) is 4.65. The van der Waals surface area contributed by atoms with Crippen LogP contribution < -0.4 is 10.6 Å². The molecule has 3 nitrogen and oxygen atoms in total. The number of aryl methyl sites for hydroxylation is 1. The Hall–Kier alpha value is -1.72. The maximum Gasteiger partial charge on any atom is 0.405 e. The molecule has 0 saturated carbocycles. The van der Waals surface area contributed by atoms with Gasteiger partial charge in [-0.1, -0.05) is 12.1 Å². The second-order valence-electron chi connectivity index (χ2n) is 3.99.